The van der Waals surface area contributed by atoms with Crippen LogP contribution in [0.2, 0.25) is 0 Å². The number of hydrogen-bond donors (Lipinski definition) is 6. The van der Waals surface area contributed by atoms with Crippen LogP contribution in [0.4, 0.5) is 0 Å². The van der Waals surface area contributed by atoms with Gasteiger partial charge in [0.05, 0.1) is 0 Å². The van der Waals surface area contributed by atoms with Gasteiger partial charge in [-0.05, 0) is 98.2 Å². The van der Waals surface area contributed by atoms with Crippen molar-refractivity contribution in [2.75, 3.05) is 0 Å². The van der Waals surface area contributed by atoms with Crippen LogP contribution in [0.5, 0.6) is 0 Å². The first-order valence-corrected chi connectivity index (χ1v) is 14.0. The number of fused-ring (bicyclic) bond motifs is 8. The van der Waals surface area contributed by atoms with Crippen molar-refractivity contribution in [1.82, 2.24) is 19.9 Å². The molecule has 6 N–H and O–H groups in total. The van der Waals surface area contributed by atoms with Crippen molar-refractivity contribution < 1.29 is 19.8 Å². The van der Waals surface area contributed by atoms with Crippen LogP contribution in [0.15, 0.2) is 13.2 Å². The maximum atomic E-state index is 11.5. The van der Waals surface area contributed by atoms with Crippen LogP contribution in [0.1, 0.15) is 80.1 Å². The minimum Gasteiger partial charge on any atom is -0.481 e. The van der Waals surface area contributed by atoms with E-state index in [0.29, 0.717) is 12.8 Å². The van der Waals surface area contributed by atoms with Crippen LogP contribution in [0.3, 0.4) is 0 Å². The van der Waals surface area contributed by atoms with Gasteiger partial charge in [-0.3, -0.25) is 9.59 Å². The lowest BCUT2D eigenvalue weighted by Crippen LogP contribution is -2.14. The van der Waals surface area contributed by atoms with Gasteiger partial charge in [0.25, 0.3) is 0 Å². The zero-order valence-electron chi connectivity index (χ0n) is 24.4. The lowest BCUT2D eigenvalue weighted by atomic mass is 10.0. The lowest BCUT2D eigenvalue weighted by molar-refractivity contribution is -0.138. The van der Waals surface area contributed by atoms with Crippen LogP contribution in [-0.4, -0.2) is 42.1 Å². The smallest absolute Gasteiger partial charge is 0.303 e. The molecule has 1 aliphatic heterocycles. The number of aromatic nitrogens is 4. The predicted molar refractivity (Wildman–Crippen MR) is 167 cm³/mol. The number of carboxylic acid groups (broad SMARTS) is 2. The first-order chi connectivity index (χ1) is 20.0. The SMILES string of the molecule is C=Cc1c2[nH]c(c1C)/C=c1\[nH]/c(c(CCC(=O)O)c1C)=C\c1[nH]c(c(C)c1CCC(=O)O)/C=c1\[nH]c(c(C)c1C=C)=C2. The number of rotatable bonds is 8. The average Bonchev–Trinajstić information content (AvgIpc) is 3.59. The highest BCUT2D eigenvalue weighted by Crippen LogP contribution is 2.23. The second kappa shape index (κ2) is 11.1. The van der Waals surface area contributed by atoms with Gasteiger partial charge in [-0.15, -0.1) is 0 Å². The van der Waals surface area contributed by atoms with E-state index in [0.717, 1.165) is 88.7 Å². The van der Waals surface area contributed by atoms with Crippen LogP contribution >= 0.6 is 0 Å². The number of aliphatic carboxylic acids is 2. The van der Waals surface area contributed by atoms with E-state index < -0.39 is 11.9 Å². The Balaban J connectivity index is 1.92. The molecule has 0 spiro atoms. The van der Waals surface area contributed by atoms with Gasteiger partial charge >= 0.3 is 11.9 Å². The Morgan fingerprint density at radius 1 is 0.595 bits per heavy atom. The third-order valence-electron chi connectivity index (χ3n) is 8.38. The van der Waals surface area contributed by atoms with Gasteiger partial charge in [-0.1, -0.05) is 25.3 Å². The average molecular weight is 565 g/mol. The Morgan fingerprint density at radius 2 is 1.10 bits per heavy atom. The second-order valence-electron chi connectivity index (χ2n) is 10.9. The molecule has 0 amide bonds. The summed E-state index contributed by atoms with van der Waals surface area (Å²) >= 11 is 0. The molecule has 8 bridgehead atoms. The fraction of sp³-hybridized carbons (Fsp3) is 0.235. The van der Waals surface area contributed by atoms with Crippen molar-refractivity contribution in [2.24, 2.45) is 0 Å². The van der Waals surface area contributed by atoms with Crippen molar-refractivity contribution in [2.45, 2.75) is 53.4 Å². The molecule has 0 fully saturated rings. The highest BCUT2D eigenvalue weighted by molar-refractivity contribution is 5.72. The van der Waals surface area contributed by atoms with Gasteiger partial charge in [0.2, 0.25) is 0 Å². The largest absolute Gasteiger partial charge is 0.481 e. The fourth-order valence-corrected chi connectivity index (χ4v) is 5.93. The minimum absolute atomic E-state index is 0.00645. The molecule has 42 heavy (non-hydrogen) atoms. The van der Waals surface area contributed by atoms with Crippen molar-refractivity contribution in [3.05, 3.63) is 102 Å². The van der Waals surface area contributed by atoms with E-state index in [2.05, 4.69) is 59.1 Å². The number of carboxylic acids is 2. The van der Waals surface area contributed by atoms with Gasteiger partial charge < -0.3 is 30.1 Å². The third kappa shape index (κ3) is 5.11. The quantitative estimate of drug-likeness (QED) is 0.172. The molecule has 0 atom stereocenters. The molecule has 8 heteroatoms. The number of aromatic amines is 4. The zero-order chi connectivity index (χ0) is 30.3. The standard InChI is InChI=1S/C34H36N4O4/c1-7-21-17(3)25-13-26-19(5)23(9-11-33(39)40)31(37-26)16-32-24(10-12-34(41)42)20(6)28(38-32)15-30-22(8-2)18(4)27(36-30)14-29(21)35-25/h7-8,13-16,35-38H,1-2,9-12H2,3-6H3,(H,39,40)(H,41,42)/b25-13?,26-13-,27-14?,28-15?,29-14?,30-15-,31-16-,32-16?. The first kappa shape index (κ1) is 28.5. The summed E-state index contributed by atoms with van der Waals surface area (Å²) in [5, 5.41) is 22.4. The summed E-state index contributed by atoms with van der Waals surface area (Å²) in [5.74, 6) is -1.73. The molecule has 0 saturated carbocycles. The van der Waals surface area contributed by atoms with Crippen molar-refractivity contribution in [1.29, 1.82) is 0 Å². The second-order valence-corrected chi connectivity index (χ2v) is 10.9. The summed E-state index contributed by atoms with van der Waals surface area (Å²) in [6.45, 7) is 16.2. The van der Waals surface area contributed by atoms with Crippen LogP contribution < -0.4 is 21.4 Å². The topological polar surface area (TPSA) is 138 Å². The van der Waals surface area contributed by atoms with Crippen LogP contribution in [0.25, 0.3) is 36.5 Å². The molecule has 4 aromatic heterocycles. The zero-order valence-corrected chi connectivity index (χ0v) is 24.4. The van der Waals surface area contributed by atoms with Crippen molar-refractivity contribution >= 4 is 48.4 Å². The van der Waals surface area contributed by atoms with E-state index in [4.69, 9.17) is 0 Å². The van der Waals surface area contributed by atoms with Gasteiger partial charge in [-0.2, -0.15) is 0 Å². The van der Waals surface area contributed by atoms with E-state index in [1.54, 1.807) is 0 Å². The molecule has 0 aliphatic carbocycles. The molecule has 0 saturated heterocycles. The van der Waals surface area contributed by atoms with Gasteiger partial charge in [0, 0.05) is 68.1 Å². The summed E-state index contributed by atoms with van der Waals surface area (Å²) in [4.78, 5) is 37.3. The number of carbonyl (C=O) groups is 2. The van der Waals surface area contributed by atoms with E-state index in [-0.39, 0.29) is 12.8 Å². The first-order valence-electron chi connectivity index (χ1n) is 14.0. The molecule has 5 rings (SSSR count). The number of hydrogen-bond acceptors (Lipinski definition) is 2. The Labute approximate surface area is 243 Å². The van der Waals surface area contributed by atoms with Crippen molar-refractivity contribution in [3.8, 4) is 0 Å². The Bertz CT molecular complexity index is 2020. The molecule has 1 aliphatic rings. The summed E-state index contributed by atoms with van der Waals surface area (Å²) in [6.07, 6.45) is 12.5. The Hall–Kier alpha value is -4.98. The van der Waals surface area contributed by atoms with E-state index in [1.165, 1.54) is 0 Å². The summed E-state index contributed by atoms with van der Waals surface area (Å²) in [5.41, 5.74) is 11.3. The molecule has 8 nitrogen and oxygen atoms in total. The molecule has 0 radical (unpaired) electrons. The highest BCUT2D eigenvalue weighted by atomic mass is 16.4. The normalized spacial score (nSPS) is 14.5. The summed E-state index contributed by atoms with van der Waals surface area (Å²) in [7, 11) is 0. The summed E-state index contributed by atoms with van der Waals surface area (Å²) < 4.78 is 0. The lowest BCUT2D eigenvalue weighted by Gasteiger charge is -2.01. The predicted octanol–water partition coefficient (Wildman–Crippen LogP) is 3.18. The van der Waals surface area contributed by atoms with Gasteiger partial charge in [-0.25, -0.2) is 0 Å². The van der Waals surface area contributed by atoms with E-state index in [9.17, 15) is 19.8 Å². The van der Waals surface area contributed by atoms with E-state index in [1.807, 2.05) is 38.2 Å². The third-order valence-corrected chi connectivity index (χ3v) is 8.38. The molecule has 0 unspecified atom stereocenters. The fourth-order valence-electron chi connectivity index (χ4n) is 5.93. The molecule has 0 aromatic carbocycles. The summed E-state index contributed by atoms with van der Waals surface area (Å²) in [6, 6.07) is 0. The maximum absolute atomic E-state index is 11.5. The minimum atomic E-state index is -0.867. The van der Waals surface area contributed by atoms with Gasteiger partial charge in [0.1, 0.15) is 0 Å². The van der Waals surface area contributed by atoms with Gasteiger partial charge in [0.15, 0.2) is 0 Å². The number of nitrogens with one attached hydrogen (secondary N) is 4. The Morgan fingerprint density at radius 3 is 1.74 bits per heavy atom. The van der Waals surface area contributed by atoms with Crippen molar-refractivity contribution in [3.63, 3.8) is 0 Å². The number of H-pyrrole nitrogens is 4. The molecule has 5 heterocycles. The highest BCUT2D eigenvalue weighted by Gasteiger charge is 2.17. The van der Waals surface area contributed by atoms with E-state index >= 15 is 0 Å². The van der Waals surface area contributed by atoms with Crippen LogP contribution in [-0.2, 0) is 22.4 Å². The molecular weight excluding hydrogens is 528 g/mol. The molecule has 4 aromatic rings. The maximum Gasteiger partial charge on any atom is 0.303 e. The molecular formula is C34H36N4O4. The Kier molecular flexibility index (Phi) is 7.56. The van der Waals surface area contributed by atoms with Crippen LogP contribution in [0, 0.1) is 27.7 Å². The molecule has 216 valence electrons. The monoisotopic (exact) mass is 564 g/mol.